The van der Waals surface area contributed by atoms with Crippen molar-refractivity contribution in [2.45, 2.75) is 96.1 Å². The van der Waals surface area contributed by atoms with E-state index in [1.165, 1.54) is 26.0 Å². The second-order valence-electron chi connectivity index (χ2n) is 12.8. The summed E-state index contributed by atoms with van der Waals surface area (Å²) in [6.45, 7) is 8.42. The van der Waals surface area contributed by atoms with Crippen molar-refractivity contribution in [2.75, 3.05) is 6.61 Å². The van der Waals surface area contributed by atoms with Gasteiger partial charge in [0.1, 0.15) is 17.8 Å². The molecule has 42 heavy (non-hydrogen) atoms. The van der Waals surface area contributed by atoms with E-state index in [0.717, 1.165) is 6.92 Å². The Hall–Kier alpha value is -3.12. The van der Waals surface area contributed by atoms with E-state index >= 15 is 0 Å². The Morgan fingerprint density at radius 1 is 1.00 bits per heavy atom. The van der Waals surface area contributed by atoms with Crippen molar-refractivity contribution in [3.63, 3.8) is 0 Å². The van der Waals surface area contributed by atoms with E-state index in [9.17, 15) is 34.5 Å². The van der Waals surface area contributed by atoms with Crippen molar-refractivity contribution in [1.29, 1.82) is 0 Å². The van der Waals surface area contributed by atoms with Crippen LogP contribution in [0.2, 0.25) is 0 Å². The summed E-state index contributed by atoms with van der Waals surface area (Å²) in [5.41, 5.74) is -6.38. The largest absolute Gasteiger partial charge is 0.455 e. The maximum atomic E-state index is 14.8. The summed E-state index contributed by atoms with van der Waals surface area (Å²) < 4.78 is 23.5. The van der Waals surface area contributed by atoms with E-state index in [0.29, 0.717) is 5.57 Å². The molecule has 4 aliphatic rings. The predicted molar refractivity (Wildman–Crippen MR) is 145 cm³/mol. The van der Waals surface area contributed by atoms with Crippen molar-refractivity contribution in [3.8, 4) is 0 Å². The number of fused-ring (bicyclic) bond motifs is 5. The first kappa shape index (κ1) is 30.3. The van der Waals surface area contributed by atoms with E-state index in [-0.39, 0.29) is 30.6 Å². The van der Waals surface area contributed by atoms with Crippen LogP contribution in [-0.4, -0.2) is 87.3 Å². The summed E-state index contributed by atoms with van der Waals surface area (Å²) in [5, 5.41) is 35.8. The second-order valence-corrected chi connectivity index (χ2v) is 12.8. The van der Waals surface area contributed by atoms with Crippen LogP contribution in [0.15, 0.2) is 41.5 Å². The predicted octanol–water partition coefficient (Wildman–Crippen LogP) is 1.65. The summed E-state index contributed by atoms with van der Waals surface area (Å²) in [6.07, 6.45) is -7.27. The van der Waals surface area contributed by atoms with Crippen LogP contribution in [0.4, 0.5) is 0 Å². The van der Waals surface area contributed by atoms with Crippen LogP contribution in [0.1, 0.15) is 64.7 Å². The van der Waals surface area contributed by atoms with Gasteiger partial charge in [-0.15, -0.1) is 0 Å². The average molecular weight is 587 g/mol. The SMILES string of the molecule is CC(=O)OC1C(=O)C2(C)C([C@H](OC(=O)c3ccccc3)C3(O)C[C@H](O)C(C)=C1C3(C)C)[C@]1(OC(C)=O)COC1C[C@@H]2O. The number of ketones is 1. The number of carbonyl (C=O) groups excluding carboxylic acids is 4. The van der Waals surface area contributed by atoms with Crippen LogP contribution in [0.3, 0.4) is 0 Å². The molecule has 1 aromatic carbocycles. The summed E-state index contributed by atoms with van der Waals surface area (Å²) >= 11 is 0. The molecule has 5 unspecified atom stereocenters. The molecule has 3 fully saturated rings. The molecule has 1 heterocycles. The third kappa shape index (κ3) is 4.08. The number of carbonyl (C=O) groups is 4. The van der Waals surface area contributed by atoms with E-state index in [1.807, 2.05) is 0 Å². The van der Waals surface area contributed by atoms with Gasteiger partial charge in [0, 0.05) is 32.1 Å². The van der Waals surface area contributed by atoms with Gasteiger partial charge in [-0.3, -0.25) is 14.4 Å². The molecule has 228 valence electrons. The van der Waals surface area contributed by atoms with Gasteiger partial charge in [0.05, 0.1) is 35.7 Å². The van der Waals surface area contributed by atoms with Gasteiger partial charge in [-0.25, -0.2) is 4.79 Å². The zero-order valence-corrected chi connectivity index (χ0v) is 24.6. The van der Waals surface area contributed by atoms with Crippen molar-refractivity contribution < 1.29 is 53.4 Å². The Kier molecular flexibility index (Phi) is 7.20. The molecule has 11 heteroatoms. The van der Waals surface area contributed by atoms with Gasteiger partial charge in [-0.05, 0) is 37.1 Å². The van der Waals surface area contributed by atoms with Gasteiger partial charge in [0.25, 0.3) is 0 Å². The lowest BCUT2D eigenvalue weighted by molar-refractivity contribution is -0.345. The fraction of sp³-hybridized carbons (Fsp3) is 0.613. The highest BCUT2D eigenvalue weighted by Crippen LogP contribution is 2.64. The monoisotopic (exact) mass is 586 g/mol. The van der Waals surface area contributed by atoms with Crippen LogP contribution in [0.5, 0.6) is 0 Å². The molecule has 3 N–H and O–H groups in total. The molecular weight excluding hydrogens is 548 g/mol. The molecule has 1 saturated heterocycles. The molecule has 0 amide bonds. The Labute approximate surface area is 243 Å². The number of ether oxygens (including phenoxy) is 4. The molecule has 11 nitrogen and oxygen atoms in total. The van der Waals surface area contributed by atoms with Gasteiger partial charge in [0.2, 0.25) is 0 Å². The Balaban J connectivity index is 1.84. The third-order valence-corrected chi connectivity index (χ3v) is 10.2. The van der Waals surface area contributed by atoms with Crippen molar-refractivity contribution in [1.82, 2.24) is 0 Å². The van der Waals surface area contributed by atoms with Gasteiger partial charge in [-0.2, -0.15) is 0 Å². The van der Waals surface area contributed by atoms with Gasteiger partial charge >= 0.3 is 17.9 Å². The summed E-state index contributed by atoms with van der Waals surface area (Å²) in [6, 6.07) is 8.05. The van der Waals surface area contributed by atoms with Crippen molar-refractivity contribution in [2.24, 2.45) is 16.7 Å². The molecule has 2 saturated carbocycles. The zero-order chi connectivity index (χ0) is 31.0. The van der Waals surface area contributed by atoms with Crippen molar-refractivity contribution in [3.05, 3.63) is 47.0 Å². The van der Waals surface area contributed by atoms with Crippen LogP contribution in [-0.2, 0) is 33.3 Å². The lowest BCUT2D eigenvalue weighted by atomic mass is 9.44. The van der Waals surface area contributed by atoms with Gasteiger partial charge in [-0.1, -0.05) is 32.0 Å². The molecule has 0 aromatic heterocycles. The van der Waals surface area contributed by atoms with Crippen molar-refractivity contribution >= 4 is 23.7 Å². The van der Waals surface area contributed by atoms with E-state index in [2.05, 4.69) is 0 Å². The number of hydrogen-bond acceptors (Lipinski definition) is 11. The Bertz CT molecular complexity index is 1350. The molecular formula is C31H38O11. The standard InChI is InChI=1S/C31H38O11/c1-15-19(34)13-31(38)26(41-27(37)18-10-8-7-9-11-18)24-29(6,20(35)12-21-30(24,14-39-21)42-17(3)33)25(36)23(40-16(2)32)22(15)28(31,4)5/h7-11,19-21,23-24,26,34-35,38H,12-14H2,1-6H3/t19-,20-,21?,23?,24?,26-,29?,30-,31?/m0/s1. The van der Waals surface area contributed by atoms with Gasteiger partial charge < -0.3 is 34.3 Å². The topological polar surface area (TPSA) is 166 Å². The molecule has 3 aliphatic carbocycles. The normalized spacial score (nSPS) is 40.4. The smallest absolute Gasteiger partial charge is 0.338 e. The lowest BCUT2D eigenvalue weighted by Crippen LogP contribution is -2.81. The molecule has 0 radical (unpaired) electrons. The number of rotatable bonds is 4. The fourth-order valence-electron chi connectivity index (χ4n) is 7.91. The number of aliphatic hydroxyl groups excluding tert-OH is 2. The first-order valence-electron chi connectivity index (χ1n) is 14.1. The molecule has 1 aromatic rings. The molecule has 9 atom stereocenters. The van der Waals surface area contributed by atoms with Crippen LogP contribution >= 0.6 is 0 Å². The second kappa shape index (κ2) is 9.97. The third-order valence-electron chi connectivity index (χ3n) is 10.2. The molecule has 0 spiro atoms. The Morgan fingerprint density at radius 3 is 2.19 bits per heavy atom. The summed E-state index contributed by atoms with van der Waals surface area (Å²) in [4.78, 5) is 53.4. The average Bonchev–Trinajstić information content (AvgIpc) is 2.90. The maximum Gasteiger partial charge on any atom is 0.338 e. The van der Waals surface area contributed by atoms with Crippen LogP contribution in [0, 0.1) is 16.7 Å². The maximum absolute atomic E-state index is 14.8. The minimum absolute atomic E-state index is 0.110. The fourth-order valence-corrected chi connectivity index (χ4v) is 7.91. The highest BCUT2D eigenvalue weighted by atomic mass is 16.6. The highest BCUT2D eigenvalue weighted by Gasteiger charge is 2.78. The molecule has 5 rings (SSSR count). The summed E-state index contributed by atoms with van der Waals surface area (Å²) in [5.74, 6) is -4.41. The van der Waals surface area contributed by atoms with E-state index in [1.54, 1.807) is 39.0 Å². The van der Waals surface area contributed by atoms with Crippen LogP contribution < -0.4 is 0 Å². The lowest BCUT2D eigenvalue weighted by Gasteiger charge is -2.67. The molecule has 1 aliphatic heterocycles. The van der Waals surface area contributed by atoms with Crippen LogP contribution in [0.25, 0.3) is 0 Å². The number of benzene rings is 1. The quantitative estimate of drug-likeness (QED) is 0.267. The van der Waals surface area contributed by atoms with Gasteiger partial charge in [0.15, 0.2) is 17.5 Å². The van der Waals surface area contributed by atoms with E-state index < -0.39 is 82.2 Å². The highest BCUT2D eigenvalue weighted by molar-refractivity contribution is 5.95. The number of aliphatic hydroxyl groups is 3. The first-order valence-corrected chi connectivity index (χ1v) is 14.1. The minimum Gasteiger partial charge on any atom is -0.455 e. The summed E-state index contributed by atoms with van der Waals surface area (Å²) in [7, 11) is 0. The van der Waals surface area contributed by atoms with E-state index in [4.69, 9.17) is 18.9 Å². The number of Topliss-reactive ketones (excluding diaryl/α,β-unsaturated/α-hetero) is 1. The minimum atomic E-state index is -2.11. The first-order chi connectivity index (χ1) is 19.5. The Morgan fingerprint density at radius 2 is 1.64 bits per heavy atom. The number of hydrogen-bond donors (Lipinski definition) is 3. The number of esters is 3. The molecule has 2 bridgehead atoms. The zero-order valence-electron chi connectivity index (χ0n) is 24.6.